The Morgan fingerprint density at radius 2 is 1.06 bits per heavy atom. The van der Waals surface area contributed by atoms with Gasteiger partial charge in [-0.2, -0.15) is 13.8 Å². The van der Waals surface area contributed by atoms with E-state index < -0.39 is 0 Å². The zero-order valence-corrected chi connectivity index (χ0v) is 36.8. The van der Waals surface area contributed by atoms with Crippen molar-refractivity contribution in [1.82, 2.24) is 0 Å². The molecule has 2 nitrogen and oxygen atoms in total. The predicted molar refractivity (Wildman–Crippen MR) is 238 cm³/mol. The Bertz CT molecular complexity index is 1290. The smallest absolute Gasteiger partial charge is 0.493 e. The maximum Gasteiger partial charge on any atom is 2.00 e. The van der Waals surface area contributed by atoms with Crippen LogP contribution in [-0.4, -0.2) is 4.70 Å². The molecule has 2 aromatic carbocycles. The molecule has 0 saturated carbocycles. The van der Waals surface area contributed by atoms with Crippen LogP contribution >= 0.6 is 0 Å². The summed E-state index contributed by atoms with van der Waals surface area (Å²) in [6.07, 6.45) is 41.0. The number of aryl methyl sites for hydroxylation is 2. The summed E-state index contributed by atoms with van der Waals surface area (Å²) in [6.45, 7) is 16.8. The van der Waals surface area contributed by atoms with Gasteiger partial charge in [0.25, 0.3) is 0 Å². The molecular weight excluding hydrogens is 699 g/mol. The van der Waals surface area contributed by atoms with Crippen LogP contribution in [0, 0.1) is 13.8 Å². The second-order valence-electron chi connectivity index (χ2n) is 14.7. The Labute approximate surface area is 346 Å². The van der Waals surface area contributed by atoms with Gasteiger partial charge >= 0.3 is 16.5 Å². The third-order valence-electron chi connectivity index (χ3n) is 10.4. The van der Waals surface area contributed by atoms with E-state index in [1.807, 2.05) is 0 Å². The standard InChI is InChI=1S/C47H72N2.2C2H5.Ni/c1-4-7-10-11-12-13-14-15-16-17-18-19-20-21-22-23-24-25-26-28-35-42-36-29-30-38-45(42)46-40-44(34-9-6-3)47(49(46)48)43-37-31-33-41(39-43)32-27-8-5-2;2*1-2;/h24-25,29-31,33,36-40H,4-23,26-28,32,34-35H2,1-3H3;2*1H2,2H3;/q;2*-1;+2. The van der Waals surface area contributed by atoms with Crippen molar-refractivity contribution in [3.8, 4) is 0 Å². The summed E-state index contributed by atoms with van der Waals surface area (Å²) in [5.74, 6) is 0. The van der Waals surface area contributed by atoms with Crippen molar-refractivity contribution < 1.29 is 21.2 Å². The fourth-order valence-corrected chi connectivity index (χ4v) is 7.33. The van der Waals surface area contributed by atoms with Gasteiger partial charge in [0.1, 0.15) is 0 Å². The van der Waals surface area contributed by atoms with Crippen LogP contribution in [0.2, 0.25) is 0 Å². The maximum atomic E-state index is 11.7. The first-order chi connectivity index (χ1) is 26.2. The summed E-state index contributed by atoms with van der Waals surface area (Å²) in [5.41, 5.74) is 19.8. The van der Waals surface area contributed by atoms with E-state index in [9.17, 15) is 5.53 Å². The number of benzene rings is 2. The van der Waals surface area contributed by atoms with Gasteiger partial charge in [0.2, 0.25) is 11.4 Å². The molecule has 0 saturated heterocycles. The van der Waals surface area contributed by atoms with Crippen LogP contribution in [0.3, 0.4) is 0 Å². The van der Waals surface area contributed by atoms with E-state index >= 15 is 0 Å². The topological polar surface area (TPSA) is 25.3 Å². The molecule has 0 radical (unpaired) electrons. The van der Waals surface area contributed by atoms with E-state index in [1.54, 1.807) is 13.8 Å². The van der Waals surface area contributed by atoms with Crippen molar-refractivity contribution in [2.45, 2.75) is 202 Å². The largest absolute Gasteiger partial charge is 2.00 e. The number of allylic oxidation sites excluding steroid dienone is 4. The molecule has 1 aliphatic heterocycles. The second kappa shape index (κ2) is 36.4. The Morgan fingerprint density at radius 3 is 1.65 bits per heavy atom. The van der Waals surface area contributed by atoms with Crippen molar-refractivity contribution >= 4 is 11.4 Å². The fraction of sp³-hybridized carbons (Fsp3) is 0.608. The molecule has 0 N–H and O–H groups in total. The van der Waals surface area contributed by atoms with Crippen LogP contribution in [0.1, 0.15) is 211 Å². The zero-order valence-electron chi connectivity index (χ0n) is 35.9. The molecule has 2 aromatic rings. The monoisotopic (exact) mass is 781 g/mol. The Balaban J connectivity index is 0.00000543. The summed E-state index contributed by atoms with van der Waals surface area (Å²) in [6, 6.07) is 17.6. The van der Waals surface area contributed by atoms with Gasteiger partial charge in [-0.3, -0.25) is 0 Å². The molecule has 0 bridgehead atoms. The van der Waals surface area contributed by atoms with Gasteiger partial charge in [-0.15, -0.1) is 0 Å². The van der Waals surface area contributed by atoms with E-state index in [-0.39, 0.29) is 16.5 Å². The molecule has 0 amide bonds. The minimum Gasteiger partial charge on any atom is -0.493 e. The maximum absolute atomic E-state index is 11.7. The molecular formula is C51H82N2Ni. The quantitative estimate of drug-likeness (QED) is 0.0258. The minimum absolute atomic E-state index is 0. The van der Waals surface area contributed by atoms with Crippen LogP contribution in [0.4, 0.5) is 0 Å². The number of rotatable bonds is 29. The molecule has 0 aromatic heterocycles. The van der Waals surface area contributed by atoms with Crippen molar-refractivity contribution in [1.29, 1.82) is 0 Å². The molecule has 1 aliphatic rings. The van der Waals surface area contributed by atoms with Gasteiger partial charge in [-0.1, -0.05) is 172 Å². The van der Waals surface area contributed by atoms with Crippen LogP contribution in [0.25, 0.3) is 16.9 Å². The molecule has 0 unspecified atom stereocenters. The first-order valence-corrected chi connectivity index (χ1v) is 22.4. The predicted octanol–water partition coefficient (Wildman–Crippen LogP) is 17.2. The summed E-state index contributed by atoms with van der Waals surface area (Å²) in [4.78, 5) is 0. The zero-order chi connectivity index (χ0) is 38.8. The summed E-state index contributed by atoms with van der Waals surface area (Å²) >= 11 is 0. The average Bonchev–Trinajstić information content (AvgIpc) is 3.53. The van der Waals surface area contributed by atoms with Crippen molar-refractivity contribution in [3.63, 3.8) is 0 Å². The first kappa shape index (κ1) is 51.8. The van der Waals surface area contributed by atoms with Crippen LogP contribution < -0.4 is 0 Å². The molecule has 54 heavy (non-hydrogen) atoms. The molecule has 1 heterocycles. The third kappa shape index (κ3) is 21.7. The molecule has 0 atom stereocenters. The summed E-state index contributed by atoms with van der Waals surface area (Å²) in [5, 5.41) is 0. The van der Waals surface area contributed by atoms with Gasteiger partial charge in [-0.25, -0.2) is 4.70 Å². The van der Waals surface area contributed by atoms with E-state index in [4.69, 9.17) is 0 Å². The van der Waals surface area contributed by atoms with Crippen LogP contribution in [0.15, 0.2) is 72.3 Å². The third-order valence-corrected chi connectivity index (χ3v) is 10.4. The van der Waals surface area contributed by atoms with E-state index in [0.29, 0.717) is 0 Å². The van der Waals surface area contributed by atoms with Gasteiger partial charge in [-0.05, 0) is 87.1 Å². The van der Waals surface area contributed by atoms with E-state index in [0.717, 1.165) is 67.5 Å². The van der Waals surface area contributed by atoms with Crippen LogP contribution in [0.5, 0.6) is 0 Å². The number of unbranched alkanes of at least 4 members (excludes halogenated alkanes) is 19. The first-order valence-electron chi connectivity index (χ1n) is 22.4. The normalized spacial score (nSPS) is 12.3. The van der Waals surface area contributed by atoms with Gasteiger partial charge < -0.3 is 19.4 Å². The average molecular weight is 782 g/mol. The molecule has 0 fully saturated rings. The van der Waals surface area contributed by atoms with Crippen molar-refractivity contribution in [2.24, 2.45) is 0 Å². The van der Waals surface area contributed by atoms with E-state index in [2.05, 4.69) is 101 Å². The fourth-order valence-electron chi connectivity index (χ4n) is 7.33. The van der Waals surface area contributed by atoms with Gasteiger partial charge in [0, 0.05) is 22.8 Å². The molecule has 0 spiro atoms. The van der Waals surface area contributed by atoms with Gasteiger partial charge in [0.05, 0.1) is 0 Å². The molecule has 3 rings (SSSR count). The Morgan fingerprint density at radius 1 is 0.537 bits per heavy atom. The minimum atomic E-state index is 0. The second-order valence-corrected chi connectivity index (χ2v) is 14.7. The Kier molecular flexibility index (Phi) is 34.9. The van der Waals surface area contributed by atoms with Gasteiger partial charge in [0.15, 0.2) is 0 Å². The number of hydrogen-bond donors (Lipinski definition) is 0. The Hall–Kier alpha value is -2.25. The molecule has 306 valence electrons. The SMILES string of the molecule is CCCCCCCCCCCCCCCCCC=CCCCc1ccccc1C1=CC(CCCC)=C(c2cccc(CCCCC)c2)[N+]1=[N-].[CH2-]C.[CH2-]C.[Ni+2]. The summed E-state index contributed by atoms with van der Waals surface area (Å²) < 4.78 is 1.49. The number of hydrogen-bond acceptors (Lipinski definition) is 0. The number of nitrogens with zero attached hydrogens (tertiary/aromatic N) is 2. The summed E-state index contributed by atoms with van der Waals surface area (Å²) in [7, 11) is 0. The molecule has 0 aliphatic carbocycles. The molecule has 3 heteroatoms. The van der Waals surface area contributed by atoms with Crippen LogP contribution in [-0.2, 0) is 29.3 Å². The van der Waals surface area contributed by atoms with E-state index in [1.165, 1.54) is 143 Å². The van der Waals surface area contributed by atoms with Crippen molar-refractivity contribution in [2.75, 3.05) is 0 Å². The van der Waals surface area contributed by atoms with Crippen molar-refractivity contribution in [3.05, 3.63) is 114 Å².